The highest BCUT2D eigenvalue weighted by Gasteiger charge is 2.93. The van der Waals surface area contributed by atoms with Crippen LogP contribution in [0, 0.1) is 62.6 Å². The predicted octanol–water partition coefficient (Wildman–Crippen LogP) is 6.31. The Bertz CT molecular complexity index is 3190. The number of carbonyl (C=O) groups is 3. The zero-order valence-electron chi connectivity index (χ0n) is 42.0. The van der Waals surface area contributed by atoms with Crippen molar-refractivity contribution in [2.75, 3.05) is 6.61 Å². The molecule has 13 aliphatic carbocycles. The summed E-state index contributed by atoms with van der Waals surface area (Å²) in [5, 5.41) is 82.8. The number of aliphatic hydroxyl groups is 5. The van der Waals surface area contributed by atoms with E-state index in [0.717, 1.165) is 36.0 Å². The largest absolute Gasteiger partial charge is 0.478 e. The quantitative estimate of drug-likeness (QED) is 0.0535. The van der Waals surface area contributed by atoms with E-state index >= 15 is 19.8 Å². The Labute approximate surface area is 425 Å². The molecule has 73 heavy (non-hydrogen) atoms. The minimum Gasteiger partial charge on any atom is -0.478 e. The number of aliphatic hydroxyl groups excluding tert-OH is 1. The second-order valence-corrected chi connectivity index (χ2v) is 25.2. The predicted molar refractivity (Wildman–Crippen MR) is 271 cm³/mol. The number of carboxylic acid groups (broad SMARTS) is 1. The minimum atomic E-state index is -2.47. The van der Waals surface area contributed by atoms with Crippen molar-refractivity contribution in [1.29, 1.82) is 0 Å². The highest BCUT2D eigenvalue weighted by molar-refractivity contribution is 6.03. The fourth-order valence-electron chi connectivity index (χ4n) is 21.4. The van der Waals surface area contributed by atoms with E-state index in [4.69, 9.17) is 16.5 Å². The number of aryl methyl sites for hydroxylation is 1. The van der Waals surface area contributed by atoms with Gasteiger partial charge in [0.25, 0.3) is 0 Å². The van der Waals surface area contributed by atoms with E-state index in [2.05, 4.69) is 49.1 Å². The number of benzene rings is 1. The van der Waals surface area contributed by atoms with Crippen molar-refractivity contribution in [2.24, 2.45) is 67.2 Å². The summed E-state index contributed by atoms with van der Waals surface area (Å²) in [5.41, 5.74) is 3.19. The molecule has 14 rings (SSSR count). The molecule has 13 aliphatic rings. The fraction of sp³-hybridized carbons (Fsp3) is 0.574. The van der Waals surface area contributed by atoms with Gasteiger partial charge in [0, 0.05) is 88.3 Å². The lowest BCUT2D eigenvalue weighted by molar-refractivity contribution is -0.235. The van der Waals surface area contributed by atoms with Crippen LogP contribution in [0.4, 0.5) is 0 Å². The third-order valence-corrected chi connectivity index (χ3v) is 23.3. The molecule has 0 aliphatic heterocycles. The van der Waals surface area contributed by atoms with Gasteiger partial charge in [-0.3, -0.25) is 9.59 Å². The maximum Gasteiger partial charge on any atom is 0.331 e. The number of nitrogens with two attached hydrogens (primary N) is 2. The first-order chi connectivity index (χ1) is 34.8. The van der Waals surface area contributed by atoms with Crippen LogP contribution in [0.15, 0.2) is 104 Å². The smallest absolute Gasteiger partial charge is 0.331 e. The number of hydrogen-bond donors (Lipinski definition) is 8. The number of Topliss-reactive ketones (excluding diaryl/α,β-unsaturated/α-hetero) is 2. The summed E-state index contributed by atoms with van der Waals surface area (Å²) < 4.78 is 0. The van der Waals surface area contributed by atoms with Crippen LogP contribution >= 0.6 is 0 Å². The summed E-state index contributed by atoms with van der Waals surface area (Å²) in [4.78, 5) is 50.3. The lowest BCUT2D eigenvalue weighted by Gasteiger charge is -2.73. The summed E-state index contributed by atoms with van der Waals surface area (Å²) in [5.74, 6) is 2.17. The molecule has 5 saturated carbocycles. The van der Waals surface area contributed by atoms with Gasteiger partial charge in [-0.05, 0) is 129 Å². The van der Waals surface area contributed by atoms with Crippen LogP contribution in [0.2, 0.25) is 0 Å². The van der Waals surface area contributed by atoms with Gasteiger partial charge in [-0.15, -0.1) is 11.8 Å². The number of carboxylic acids is 1. The monoisotopic (exact) mass is 985 g/mol. The zero-order chi connectivity index (χ0) is 50.9. The first-order valence-corrected chi connectivity index (χ1v) is 27.3. The molecule has 0 aromatic heterocycles. The van der Waals surface area contributed by atoms with Crippen molar-refractivity contribution in [1.82, 2.24) is 0 Å². The molecule has 14 unspecified atom stereocenters. The van der Waals surface area contributed by atoms with Gasteiger partial charge >= 0.3 is 5.97 Å². The van der Waals surface area contributed by atoms with Crippen molar-refractivity contribution in [3.63, 3.8) is 0 Å². The third kappa shape index (κ3) is 4.65. The molecule has 12 nitrogen and oxygen atoms in total. The topological polar surface area (TPSA) is 237 Å². The first kappa shape index (κ1) is 46.4. The molecule has 0 saturated heterocycles. The molecular weight excluding hydrogens is 919 g/mol. The number of hydrogen-bond acceptors (Lipinski definition) is 9. The SMILES string of the molecule is CC(C(=O)O)=C1CCC2(N=C(N)N)C=CC34C5C6=C(CC=C6C1(O)C2(O)C3CCO)CC1=CC2(O)C3=C6C(=O)CC47CCCCCC64CCC(=O)C(C)(CC#CCCC37C15O)C4C2C1=Cc2ccccc2CC1. The van der Waals surface area contributed by atoms with Crippen LogP contribution in [-0.4, -0.2) is 88.7 Å². The molecule has 0 amide bonds. The van der Waals surface area contributed by atoms with Gasteiger partial charge < -0.3 is 42.1 Å². The molecule has 5 fully saturated rings. The number of guanidine groups is 1. The Hall–Kier alpha value is -5.16. The summed E-state index contributed by atoms with van der Waals surface area (Å²) in [6, 6.07) is 8.36. The summed E-state index contributed by atoms with van der Waals surface area (Å²) in [7, 11) is 0. The Balaban J connectivity index is 1.20. The number of allylic oxidation sites excluding steroid dienone is 4. The maximum atomic E-state index is 16.9. The van der Waals surface area contributed by atoms with E-state index < -0.39 is 91.3 Å². The van der Waals surface area contributed by atoms with Crippen LogP contribution in [0.1, 0.15) is 134 Å². The Morgan fingerprint density at radius 3 is 2.51 bits per heavy atom. The van der Waals surface area contributed by atoms with Crippen molar-refractivity contribution < 1.29 is 45.0 Å². The lowest BCUT2D eigenvalue weighted by Crippen LogP contribution is -2.78. The van der Waals surface area contributed by atoms with E-state index in [0.29, 0.717) is 66.4 Å². The second kappa shape index (κ2) is 14.2. The molecule has 0 radical (unpaired) electrons. The van der Waals surface area contributed by atoms with E-state index in [-0.39, 0.29) is 86.5 Å². The number of rotatable bonds is 5. The molecule has 0 heterocycles. The zero-order valence-corrected chi connectivity index (χ0v) is 42.0. The van der Waals surface area contributed by atoms with Crippen LogP contribution < -0.4 is 11.5 Å². The van der Waals surface area contributed by atoms with Gasteiger partial charge in [-0.1, -0.05) is 85.9 Å². The van der Waals surface area contributed by atoms with Gasteiger partial charge in [-0.25, -0.2) is 9.79 Å². The maximum absolute atomic E-state index is 16.9. The van der Waals surface area contributed by atoms with Crippen molar-refractivity contribution in [3.05, 3.63) is 110 Å². The standard InChI is InChI=1S/C61H67N3O9/c1-33(50(68)69)39-17-25-55(64-51(62)63)26-27-56-42(19-28-65)61(55,73)60(39,72)40-16-15-36-30-38-31-57(70)45(37-14-13-34-11-5-6-12-35(34)29-37)48-52(2)20-7-3-10-23-58(59(38,71)47(56)44(36)40)49(57)46-41(66)32-54(56,58)22-9-4-8-21-53(46,48)24-18-43(52)67/h5-6,11-12,16,26-27,29,31,42,45,47-48,65,70-73H,4,8-10,13-15,17-25,28,30,32H2,1-2H3,(H,68,69)(H4,62,63,64). The van der Waals surface area contributed by atoms with E-state index in [1.165, 1.54) is 12.5 Å². The van der Waals surface area contributed by atoms with Crippen LogP contribution in [0.3, 0.4) is 0 Å². The molecule has 14 atom stereocenters. The van der Waals surface area contributed by atoms with Gasteiger partial charge in [0.15, 0.2) is 11.7 Å². The highest BCUT2D eigenvalue weighted by Crippen LogP contribution is 2.91. The molecular formula is C61H67N3O9. The Kier molecular flexibility index (Phi) is 9.02. The molecule has 1 aromatic rings. The van der Waals surface area contributed by atoms with Crippen LogP contribution in [0.25, 0.3) is 6.08 Å². The van der Waals surface area contributed by atoms with Crippen molar-refractivity contribution >= 4 is 29.6 Å². The fourth-order valence-corrected chi connectivity index (χ4v) is 21.4. The molecule has 12 heteroatoms. The third-order valence-electron chi connectivity index (χ3n) is 23.3. The van der Waals surface area contributed by atoms with Gasteiger partial charge in [0.2, 0.25) is 0 Å². The molecule has 10 N–H and O–H groups in total. The number of aliphatic imine (C=N–C) groups is 1. The van der Waals surface area contributed by atoms with Gasteiger partial charge in [-0.2, -0.15) is 0 Å². The second-order valence-electron chi connectivity index (χ2n) is 25.2. The van der Waals surface area contributed by atoms with Gasteiger partial charge in [0.1, 0.15) is 33.7 Å². The number of ketones is 2. The van der Waals surface area contributed by atoms with E-state index in [9.17, 15) is 25.2 Å². The number of nitrogens with zero attached hydrogens (tertiary/aromatic N) is 1. The van der Waals surface area contributed by atoms with Crippen molar-refractivity contribution in [3.8, 4) is 11.8 Å². The summed E-state index contributed by atoms with van der Waals surface area (Å²) >= 11 is 0. The number of fused-ring (bicyclic) bond motifs is 3. The molecule has 8 bridgehead atoms. The molecule has 1 aromatic carbocycles. The highest BCUT2D eigenvalue weighted by atomic mass is 16.4. The summed E-state index contributed by atoms with van der Waals surface area (Å²) in [6.07, 6.45) is 16.4. The molecule has 4 spiro atoms. The molecule has 380 valence electrons. The Morgan fingerprint density at radius 1 is 0.932 bits per heavy atom. The number of aliphatic carboxylic acids is 1. The first-order valence-electron chi connectivity index (χ1n) is 27.3. The van der Waals surface area contributed by atoms with Gasteiger partial charge in [0.05, 0.1) is 0 Å². The lowest BCUT2D eigenvalue weighted by atomic mass is 9.31. The Morgan fingerprint density at radius 2 is 1.73 bits per heavy atom. The normalized spacial score (nSPS) is 47.4. The van der Waals surface area contributed by atoms with E-state index in [1.54, 1.807) is 0 Å². The average Bonchev–Trinajstić information content (AvgIpc) is 4.01. The van der Waals surface area contributed by atoms with E-state index in [1.807, 2.05) is 24.3 Å². The van der Waals surface area contributed by atoms with Crippen molar-refractivity contribution in [2.45, 2.75) is 157 Å². The summed E-state index contributed by atoms with van der Waals surface area (Å²) in [6.45, 7) is 3.05. The average molecular weight is 986 g/mol. The minimum absolute atomic E-state index is 0.0127. The van der Waals surface area contributed by atoms with Crippen LogP contribution in [-0.2, 0) is 20.8 Å². The number of carbonyl (C=O) groups excluding carboxylic acids is 2. The van der Waals surface area contributed by atoms with Crippen LogP contribution in [0.5, 0.6) is 0 Å².